The van der Waals surface area contributed by atoms with E-state index in [4.69, 9.17) is 4.74 Å². The number of piperidine rings is 1. The number of rotatable bonds is 4. The van der Waals surface area contributed by atoms with Crippen LogP contribution in [0.25, 0.3) is 10.9 Å². The number of aromatic nitrogens is 1. The molecule has 2 aromatic carbocycles. The maximum Gasteiger partial charge on any atom is 0.253 e. The number of ether oxygens (including phenoxy) is 1. The maximum atomic E-state index is 12.7. The first-order chi connectivity index (χ1) is 12.7. The molecule has 1 amide bonds. The largest absolute Gasteiger partial charge is 0.497 e. The lowest BCUT2D eigenvalue weighted by atomic mass is 9.90. The Morgan fingerprint density at radius 1 is 1.15 bits per heavy atom. The molecule has 0 aliphatic carbocycles. The number of nitrogens with zero attached hydrogens (tertiary/aromatic N) is 1. The zero-order valence-electron chi connectivity index (χ0n) is 15.1. The van der Waals surface area contributed by atoms with Crippen LogP contribution in [0.1, 0.15) is 28.8 Å². The van der Waals surface area contributed by atoms with Gasteiger partial charge in [-0.3, -0.25) is 4.79 Å². The molecule has 0 atom stereocenters. The maximum absolute atomic E-state index is 12.7. The third kappa shape index (κ3) is 3.32. The van der Waals surface area contributed by atoms with E-state index in [9.17, 15) is 4.79 Å². The number of fused-ring (bicyclic) bond motifs is 1. The van der Waals surface area contributed by atoms with Crippen LogP contribution in [-0.4, -0.2) is 36.0 Å². The Labute approximate surface area is 153 Å². The Hall–Kier alpha value is -2.75. The topological polar surface area (TPSA) is 45.3 Å². The summed E-state index contributed by atoms with van der Waals surface area (Å²) in [6.07, 6.45) is 5.31. The summed E-state index contributed by atoms with van der Waals surface area (Å²) in [7, 11) is 1.62. The lowest BCUT2D eigenvalue weighted by molar-refractivity contribution is 0.0690. The second-order valence-electron chi connectivity index (χ2n) is 7.03. The summed E-state index contributed by atoms with van der Waals surface area (Å²) in [6, 6.07) is 15.9. The Bertz CT molecular complexity index is 907. The first-order valence-electron chi connectivity index (χ1n) is 9.23. The Morgan fingerprint density at radius 3 is 2.77 bits per heavy atom. The predicted molar refractivity (Wildman–Crippen MR) is 104 cm³/mol. The number of likely N-dealkylation sites (tertiary alicyclic amines) is 1. The molecule has 2 heterocycles. The minimum atomic E-state index is 0.106. The zero-order valence-corrected chi connectivity index (χ0v) is 15.1. The van der Waals surface area contributed by atoms with Crippen molar-refractivity contribution in [3.05, 3.63) is 65.9 Å². The molecule has 1 saturated heterocycles. The van der Waals surface area contributed by atoms with Crippen molar-refractivity contribution in [2.75, 3.05) is 20.2 Å². The molecule has 1 fully saturated rings. The van der Waals surface area contributed by atoms with Crippen LogP contribution in [0.2, 0.25) is 0 Å². The standard InChI is InChI=1S/C22H24N2O2/c1-26-19-6-4-5-17(14-19)22(25)24-11-9-16(10-12-24)13-18-15-23-21-8-3-2-7-20(18)21/h2-8,14-16,23H,9-13H2,1H3. The van der Waals surface area contributed by atoms with Gasteiger partial charge in [0.2, 0.25) is 0 Å². The number of para-hydroxylation sites is 1. The van der Waals surface area contributed by atoms with Gasteiger partial charge in [-0.15, -0.1) is 0 Å². The molecule has 0 unspecified atom stereocenters. The van der Waals surface area contributed by atoms with Gasteiger partial charge < -0.3 is 14.6 Å². The molecule has 0 spiro atoms. The number of methoxy groups -OCH3 is 1. The van der Waals surface area contributed by atoms with Crippen LogP contribution < -0.4 is 4.74 Å². The third-order valence-electron chi connectivity index (χ3n) is 5.40. The van der Waals surface area contributed by atoms with Crippen LogP contribution in [0.5, 0.6) is 5.75 Å². The number of carbonyl (C=O) groups excluding carboxylic acids is 1. The first kappa shape index (κ1) is 16.7. The van der Waals surface area contributed by atoms with Gasteiger partial charge >= 0.3 is 0 Å². The molecule has 0 radical (unpaired) electrons. The highest BCUT2D eigenvalue weighted by molar-refractivity contribution is 5.94. The zero-order chi connectivity index (χ0) is 17.9. The van der Waals surface area contributed by atoms with Crippen LogP contribution in [-0.2, 0) is 6.42 Å². The van der Waals surface area contributed by atoms with Crippen molar-refractivity contribution in [3.8, 4) is 5.75 Å². The van der Waals surface area contributed by atoms with Crippen molar-refractivity contribution in [1.82, 2.24) is 9.88 Å². The lowest BCUT2D eigenvalue weighted by Crippen LogP contribution is -2.38. The fraction of sp³-hybridized carbons (Fsp3) is 0.318. The summed E-state index contributed by atoms with van der Waals surface area (Å²) < 4.78 is 5.23. The van der Waals surface area contributed by atoms with Crippen LogP contribution in [0.15, 0.2) is 54.7 Å². The van der Waals surface area contributed by atoms with Crippen LogP contribution in [0, 0.1) is 5.92 Å². The number of aromatic amines is 1. The minimum Gasteiger partial charge on any atom is -0.497 e. The van der Waals surface area contributed by atoms with Crippen molar-refractivity contribution < 1.29 is 9.53 Å². The molecule has 0 saturated carbocycles. The Kier molecular flexibility index (Phi) is 4.65. The van der Waals surface area contributed by atoms with E-state index in [0.717, 1.165) is 38.1 Å². The number of benzene rings is 2. The molecule has 4 nitrogen and oxygen atoms in total. The molecule has 1 N–H and O–H groups in total. The number of nitrogens with one attached hydrogen (secondary N) is 1. The number of H-pyrrole nitrogens is 1. The summed E-state index contributed by atoms with van der Waals surface area (Å²) >= 11 is 0. The second-order valence-corrected chi connectivity index (χ2v) is 7.03. The monoisotopic (exact) mass is 348 g/mol. The lowest BCUT2D eigenvalue weighted by Gasteiger charge is -2.32. The summed E-state index contributed by atoms with van der Waals surface area (Å²) in [4.78, 5) is 18.1. The molecule has 26 heavy (non-hydrogen) atoms. The average molecular weight is 348 g/mol. The molecular weight excluding hydrogens is 324 g/mol. The smallest absolute Gasteiger partial charge is 0.253 e. The summed E-state index contributed by atoms with van der Waals surface area (Å²) in [5, 5.41) is 1.32. The van der Waals surface area contributed by atoms with Crippen LogP contribution in [0.4, 0.5) is 0 Å². The van der Waals surface area contributed by atoms with Gasteiger partial charge in [0.15, 0.2) is 0 Å². The average Bonchev–Trinajstić information content (AvgIpc) is 3.11. The molecule has 1 aromatic heterocycles. The third-order valence-corrected chi connectivity index (χ3v) is 5.40. The van der Waals surface area contributed by atoms with Gasteiger partial charge in [0.25, 0.3) is 5.91 Å². The van der Waals surface area contributed by atoms with Gasteiger partial charge in [0, 0.05) is 35.8 Å². The van der Waals surface area contributed by atoms with E-state index in [1.807, 2.05) is 29.2 Å². The van der Waals surface area contributed by atoms with E-state index in [2.05, 4.69) is 35.4 Å². The quantitative estimate of drug-likeness (QED) is 0.765. The predicted octanol–water partition coefficient (Wildman–Crippen LogP) is 4.27. The summed E-state index contributed by atoms with van der Waals surface area (Å²) in [6.45, 7) is 1.64. The van der Waals surface area contributed by atoms with Crippen molar-refractivity contribution in [2.24, 2.45) is 5.92 Å². The van der Waals surface area contributed by atoms with E-state index in [0.29, 0.717) is 11.5 Å². The van der Waals surface area contributed by atoms with Gasteiger partial charge in [-0.05, 0) is 55.0 Å². The SMILES string of the molecule is COc1cccc(C(=O)N2CCC(Cc3c[nH]c4ccccc34)CC2)c1. The number of amides is 1. The molecule has 4 heteroatoms. The minimum absolute atomic E-state index is 0.106. The molecule has 4 rings (SSSR count). The van der Waals surface area contributed by atoms with E-state index >= 15 is 0 Å². The number of hydrogen-bond acceptors (Lipinski definition) is 2. The van der Waals surface area contributed by atoms with E-state index in [1.54, 1.807) is 7.11 Å². The second kappa shape index (κ2) is 7.24. The van der Waals surface area contributed by atoms with Gasteiger partial charge in [0.1, 0.15) is 5.75 Å². The van der Waals surface area contributed by atoms with Crippen LogP contribution >= 0.6 is 0 Å². The van der Waals surface area contributed by atoms with Crippen molar-refractivity contribution in [2.45, 2.75) is 19.3 Å². The van der Waals surface area contributed by atoms with Crippen molar-refractivity contribution >= 4 is 16.8 Å². The fourth-order valence-corrected chi connectivity index (χ4v) is 3.89. The fourth-order valence-electron chi connectivity index (χ4n) is 3.89. The van der Waals surface area contributed by atoms with Gasteiger partial charge in [0.05, 0.1) is 7.11 Å². The Balaban J connectivity index is 1.38. The summed E-state index contributed by atoms with van der Waals surface area (Å²) in [5.41, 5.74) is 3.30. The molecular formula is C22H24N2O2. The van der Waals surface area contributed by atoms with E-state index < -0.39 is 0 Å². The van der Waals surface area contributed by atoms with Gasteiger partial charge in [-0.2, -0.15) is 0 Å². The highest BCUT2D eigenvalue weighted by Crippen LogP contribution is 2.27. The molecule has 0 bridgehead atoms. The highest BCUT2D eigenvalue weighted by atomic mass is 16.5. The van der Waals surface area contributed by atoms with Gasteiger partial charge in [-0.1, -0.05) is 24.3 Å². The van der Waals surface area contributed by atoms with Crippen molar-refractivity contribution in [1.29, 1.82) is 0 Å². The molecule has 134 valence electrons. The van der Waals surface area contributed by atoms with Gasteiger partial charge in [-0.25, -0.2) is 0 Å². The normalized spacial score (nSPS) is 15.3. The number of hydrogen-bond donors (Lipinski definition) is 1. The number of carbonyl (C=O) groups is 1. The van der Waals surface area contributed by atoms with E-state index in [1.165, 1.54) is 16.5 Å². The summed E-state index contributed by atoms with van der Waals surface area (Å²) in [5.74, 6) is 1.46. The molecule has 1 aliphatic heterocycles. The first-order valence-corrected chi connectivity index (χ1v) is 9.23. The Morgan fingerprint density at radius 2 is 1.96 bits per heavy atom. The van der Waals surface area contributed by atoms with Crippen molar-refractivity contribution in [3.63, 3.8) is 0 Å². The molecule has 1 aliphatic rings. The van der Waals surface area contributed by atoms with E-state index in [-0.39, 0.29) is 5.91 Å². The highest BCUT2D eigenvalue weighted by Gasteiger charge is 2.24. The molecule has 3 aromatic rings. The van der Waals surface area contributed by atoms with Crippen LogP contribution in [0.3, 0.4) is 0 Å².